The predicted octanol–water partition coefficient (Wildman–Crippen LogP) is 3.41. The van der Waals surface area contributed by atoms with Crippen molar-refractivity contribution < 1.29 is 4.74 Å². The fraction of sp³-hybridized carbons (Fsp3) is 0.250. The van der Waals surface area contributed by atoms with Gasteiger partial charge in [-0.3, -0.25) is 0 Å². The third-order valence-electron chi connectivity index (χ3n) is 3.25. The van der Waals surface area contributed by atoms with Gasteiger partial charge in [0.15, 0.2) is 0 Å². The van der Waals surface area contributed by atoms with Crippen molar-refractivity contribution >= 4 is 5.69 Å². The van der Waals surface area contributed by atoms with Crippen LogP contribution in [0.15, 0.2) is 48.5 Å². The van der Waals surface area contributed by atoms with E-state index in [1.807, 2.05) is 18.2 Å². The van der Waals surface area contributed by atoms with E-state index in [1.54, 1.807) is 0 Å². The van der Waals surface area contributed by atoms with Crippen molar-refractivity contribution in [2.75, 3.05) is 11.9 Å². The molecule has 1 atom stereocenters. The van der Waals surface area contributed by atoms with Crippen LogP contribution < -0.4 is 10.1 Å². The lowest BCUT2D eigenvalue weighted by Gasteiger charge is -2.27. The fourth-order valence-corrected chi connectivity index (χ4v) is 2.38. The molecule has 1 aliphatic heterocycles. The molecule has 0 aromatic heterocycles. The van der Waals surface area contributed by atoms with Crippen LogP contribution in [0.5, 0.6) is 5.75 Å². The molecule has 92 valence electrons. The Kier molecular flexibility index (Phi) is 2.93. The minimum absolute atomic E-state index is 0.210. The third kappa shape index (κ3) is 2.33. The van der Waals surface area contributed by atoms with E-state index >= 15 is 0 Å². The van der Waals surface area contributed by atoms with Gasteiger partial charge >= 0.3 is 0 Å². The SMILES string of the molecule is Cc1cccc(CC2CNc3ccccc3O2)c1. The Labute approximate surface area is 108 Å². The second kappa shape index (κ2) is 4.73. The van der Waals surface area contributed by atoms with Crippen LogP contribution in [-0.4, -0.2) is 12.6 Å². The molecule has 1 unspecified atom stereocenters. The van der Waals surface area contributed by atoms with Crippen LogP contribution in [0, 0.1) is 6.92 Å². The standard InChI is InChI=1S/C16H17NO/c1-12-5-4-6-13(9-12)10-14-11-17-15-7-2-3-8-16(15)18-14/h2-9,14,17H,10-11H2,1H3. The monoisotopic (exact) mass is 239 g/mol. The second-order valence-electron chi connectivity index (χ2n) is 4.81. The number of aryl methyl sites for hydroxylation is 1. The third-order valence-corrected chi connectivity index (χ3v) is 3.25. The molecule has 0 fully saturated rings. The highest BCUT2D eigenvalue weighted by Gasteiger charge is 2.18. The summed E-state index contributed by atoms with van der Waals surface area (Å²) in [5.74, 6) is 0.960. The van der Waals surface area contributed by atoms with Crippen molar-refractivity contribution in [2.45, 2.75) is 19.4 Å². The molecule has 0 radical (unpaired) electrons. The van der Waals surface area contributed by atoms with Crippen molar-refractivity contribution in [3.63, 3.8) is 0 Å². The number of benzene rings is 2. The van der Waals surface area contributed by atoms with Crippen LogP contribution in [0.4, 0.5) is 5.69 Å². The van der Waals surface area contributed by atoms with E-state index in [-0.39, 0.29) is 6.10 Å². The molecule has 0 saturated heterocycles. The molecule has 0 amide bonds. The van der Waals surface area contributed by atoms with E-state index in [4.69, 9.17) is 4.74 Å². The molecular formula is C16H17NO. The highest BCUT2D eigenvalue weighted by Crippen LogP contribution is 2.29. The molecule has 2 heteroatoms. The summed E-state index contributed by atoms with van der Waals surface area (Å²) in [6.45, 7) is 2.99. The van der Waals surface area contributed by atoms with Crippen LogP contribution in [-0.2, 0) is 6.42 Å². The molecule has 18 heavy (non-hydrogen) atoms. The second-order valence-corrected chi connectivity index (χ2v) is 4.81. The molecule has 2 aromatic carbocycles. The summed E-state index contributed by atoms with van der Waals surface area (Å²) in [7, 11) is 0. The van der Waals surface area contributed by atoms with Gasteiger partial charge in [-0.25, -0.2) is 0 Å². The van der Waals surface area contributed by atoms with Crippen molar-refractivity contribution in [3.8, 4) is 5.75 Å². The van der Waals surface area contributed by atoms with Crippen LogP contribution in [0.2, 0.25) is 0 Å². The quantitative estimate of drug-likeness (QED) is 0.867. The van der Waals surface area contributed by atoms with Crippen LogP contribution in [0.25, 0.3) is 0 Å². The lowest BCUT2D eigenvalue weighted by atomic mass is 10.0. The van der Waals surface area contributed by atoms with Crippen LogP contribution in [0.3, 0.4) is 0 Å². The van der Waals surface area contributed by atoms with Gasteiger partial charge in [-0.05, 0) is 24.6 Å². The maximum absolute atomic E-state index is 6.01. The lowest BCUT2D eigenvalue weighted by molar-refractivity contribution is 0.206. The van der Waals surface area contributed by atoms with Gasteiger partial charge in [0.1, 0.15) is 11.9 Å². The summed E-state index contributed by atoms with van der Waals surface area (Å²) >= 11 is 0. The van der Waals surface area contributed by atoms with Crippen molar-refractivity contribution in [1.29, 1.82) is 0 Å². The molecule has 0 aliphatic carbocycles. The number of rotatable bonds is 2. The number of nitrogens with one attached hydrogen (secondary N) is 1. The van der Waals surface area contributed by atoms with Crippen LogP contribution >= 0.6 is 0 Å². The Morgan fingerprint density at radius 1 is 1.17 bits per heavy atom. The Balaban J connectivity index is 1.73. The zero-order chi connectivity index (χ0) is 12.4. The predicted molar refractivity (Wildman–Crippen MR) is 74.2 cm³/mol. The summed E-state index contributed by atoms with van der Waals surface area (Å²) in [4.78, 5) is 0. The van der Waals surface area contributed by atoms with E-state index in [2.05, 4.69) is 42.6 Å². The molecule has 1 heterocycles. The highest BCUT2D eigenvalue weighted by atomic mass is 16.5. The van der Waals surface area contributed by atoms with E-state index in [9.17, 15) is 0 Å². The molecule has 3 rings (SSSR count). The first kappa shape index (κ1) is 11.1. The fourth-order valence-electron chi connectivity index (χ4n) is 2.38. The topological polar surface area (TPSA) is 21.3 Å². The molecule has 2 nitrogen and oxygen atoms in total. The summed E-state index contributed by atoms with van der Waals surface area (Å²) < 4.78 is 6.01. The molecule has 1 N–H and O–H groups in total. The van der Waals surface area contributed by atoms with E-state index in [0.717, 1.165) is 24.4 Å². The molecule has 0 spiro atoms. The first-order valence-corrected chi connectivity index (χ1v) is 6.36. The number of fused-ring (bicyclic) bond motifs is 1. The number of ether oxygens (including phenoxy) is 1. The van der Waals surface area contributed by atoms with Gasteiger partial charge in [0.25, 0.3) is 0 Å². The highest BCUT2D eigenvalue weighted by molar-refractivity contribution is 5.57. The van der Waals surface area contributed by atoms with E-state index < -0.39 is 0 Å². The molecule has 0 bridgehead atoms. The molecule has 2 aromatic rings. The van der Waals surface area contributed by atoms with Crippen molar-refractivity contribution in [3.05, 3.63) is 59.7 Å². The largest absolute Gasteiger partial charge is 0.486 e. The zero-order valence-corrected chi connectivity index (χ0v) is 10.5. The maximum Gasteiger partial charge on any atom is 0.142 e. The van der Waals surface area contributed by atoms with Gasteiger partial charge in [-0.15, -0.1) is 0 Å². The molecule has 0 saturated carbocycles. The van der Waals surface area contributed by atoms with Crippen molar-refractivity contribution in [1.82, 2.24) is 0 Å². The van der Waals surface area contributed by atoms with Gasteiger partial charge in [-0.1, -0.05) is 42.0 Å². The van der Waals surface area contributed by atoms with Gasteiger partial charge in [0, 0.05) is 6.42 Å². The van der Waals surface area contributed by atoms with E-state index in [1.165, 1.54) is 11.1 Å². The number of hydrogen-bond donors (Lipinski definition) is 1. The average molecular weight is 239 g/mol. The number of hydrogen-bond acceptors (Lipinski definition) is 2. The minimum Gasteiger partial charge on any atom is -0.486 e. The summed E-state index contributed by atoms with van der Waals surface area (Å²) in [5.41, 5.74) is 3.73. The minimum atomic E-state index is 0.210. The Morgan fingerprint density at radius 2 is 2.06 bits per heavy atom. The molecule has 1 aliphatic rings. The average Bonchev–Trinajstić information content (AvgIpc) is 2.39. The number of para-hydroxylation sites is 2. The molecular weight excluding hydrogens is 222 g/mol. The van der Waals surface area contributed by atoms with Crippen LogP contribution in [0.1, 0.15) is 11.1 Å². The first-order chi connectivity index (χ1) is 8.81. The normalized spacial score (nSPS) is 17.5. The van der Waals surface area contributed by atoms with Gasteiger partial charge in [0.2, 0.25) is 0 Å². The summed E-state index contributed by atoms with van der Waals surface area (Å²) in [6.07, 6.45) is 1.16. The van der Waals surface area contributed by atoms with Gasteiger partial charge in [-0.2, -0.15) is 0 Å². The number of anilines is 1. The Morgan fingerprint density at radius 3 is 2.94 bits per heavy atom. The first-order valence-electron chi connectivity index (χ1n) is 6.36. The smallest absolute Gasteiger partial charge is 0.142 e. The summed E-state index contributed by atoms with van der Waals surface area (Å²) in [5, 5.41) is 3.42. The zero-order valence-electron chi connectivity index (χ0n) is 10.5. The summed E-state index contributed by atoms with van der Waals surface area (Å²) in [6, 6.07) is 16.7. The van der Waals surface area contributed by atoms with Gasteiger partial charge < -0.3 is 10.1 Å². The van der Waals surface area contributed by atoms with E-state index in [0.29, 0.717) is 0 Å². The van der Waals surface area contributed by atoms with Gasteiger partial charge in [0.05, 0.1) is 12.2 Å². The Bertz CT molecular complexity index is 550. The maximum atomic E-state index is 6.01. The Hall–Kier alpha value is -1.96. The lowest BCUT2D eigenvalue weighted by Crippen LogP contribution is -2.32. The van der Waals surface area contributed by atoms with Crippen molar-refractivity contribution in [2.24, 2.45) is 0 Å².